The largest absolute Gasteiger partial charge is 0.471 e. The molecular weight excluding hydrogens is 354 g/mol. The topological polar surface area (TPSA) is 93.9 Å². The smallest absolute Gasteiger partial charge is 0.246 e. The Morgan fingerprint density at radius 1 is 1.07 bits per heavy atom. The summed E-state index contributed by atoms with van der Waals surface area (Å²) >= 11 is 0. The summed E-state index contributed by atoms with van der Waals surface area (Å²) in [6.45, 7) is 4.33. The van der Waals surface area contributed by atoms with E-state index in [4.69, 9.17) is 4.74 Å². The van der Waals surface area contributed by atoms with Crippen LogP contribution in [0.1, 0.15) is 16.8 Å². The van der Waals surface area contributed by atoms with Gasteiger partial charge in [0.25, 0.3) is 0 Å². The minimum atomic E-state index is 0.394. The maximum absolute atomic E-state index is 5.97. The van der Waals surface area contributed by atoms with Crippen LogP contribution < -0.4 is 4.74 Å². The van der Waals surface area contributed by atoms with Gasteiger partial charge in [-0.15, -0.1) is 0 Å². The van der Waals surface area contributed by atoms with E-state index in [-0.39, 0.29) is 0 Å². The second kappa shape index (κ2) is 6.41. The lowest BCUT2D eigenvalue weighted by molar-refractivity contribution is 0.297. The van der Waals surface area contributed by atoms with Crippen LogP contribution in [0.25, 0.3) is 28.2 Å². The summed E-state index contributed by atoms with van der Waals surface area (Å²) in [5.41, 5.74) is 5.70. The van der Waals surface area contributed by atoms with E-state index in [2.05, 4.69) is 30.2 Å². The van der Waals surface area contributed by atoms with Gasteiger partial charge in [-0.25, -0.2) is 14.5 Å². The highest BCUT2D eigenvalue weighted by Crippen LogP contribution is 2.25. The number of nitrogens with one attached hydrogen (secondary N) is 1. The molecule has 0 atom stereocenters. The average Bonchev–Trinajstić information content (AvgIpc) is 3.32. The van der Waals surface area contributed by atoms with Crippen molar-refractivity contribution in [2.45, 2.75) is 20.5 Å². The number of benzene rings is 1. The van der Waals surface area contributed by atoms with Crippen molar-refractivity contribution in [3.05, 3.63) is 65.6 Å². The standard InChI is InChI=1S/C20H17N7O/c1-12-8-15(26-27-10-13(2)22-19(12)27)18-23-16-9-21-25-17(16)20(24-18)28-11-14-6-4-3-5-7-14/h3-10H,11H2,1-2H3,(H,21,25). The molecule has 0 saturated carbocycles. The number of hydrogen-bond acceptors (Lipinski definition) is 6. The summed E-state index contributed by atoms with van der Waals surface area (Å²) in [5.74, 6) is 0.903. The minimum absolute atomic E-state index is 0.394. The first-order chi connectivity index (χ1) is 13.7. The van der Waals surface area contributed by atoms with Crippen molar-refractivity contribution in [2.24, 2.45) is 0 Å². The Hall–Kier alpha value is -3.81. The first-order valence-electron chi connectivity index (χ1n) is 8.89. The second-order valence-electron chi connectivity index (χ2n) is 6.61. The number of imidazole rings is 1. The molecule has 0 amide bonds. The quantitative estimate of drug-likeness (QED) is 0.521. The molecule has 28 heavy (non-hydrogen) atoms. The molecule has 0 aliphatic rings. The highest BCUT2D eigenvalue weighted by atomic mass is 16.5. The molecule has 5 rings (SSSR count). The number of H-pyrrole nitrogens is 1. The van der Waals surface area contributed by atoms with E-state index < -0.39 is 0 Å². The molecule has 0 bridgehead atoms. The zero-order valence-electron chi connectivity index (χ0n) is 15.4. The number of fused-ring (bicyclic) bond motifs is 2. The molecule has 0 saturated heterocycles. The van der Waals surface area contributed by atoms with Crippen LogP contribution >= 0.6 is 0 Å². The molecule has 4 aromatic heterocycles. The highest BCUT2D eigenvalue weighted by molar-refractivity contribution is 5.80. The van der Waals surface area contributed by atoms with E-state index in [1.807, 2.05) is 56.4 Å². The highest BCUT2D eigenvalue weighted by Gasteiger charge is 2.16. The number of aromatic nitrogens is 7. The van der Waals surface area contributed by atoms with E-state index in [0.29, 0.717) is 35.0 Å². The van der Waals surface area contributed by atoms with Crippen LogP contribution in [0.15, 0.2) is 48.8 Å². The fourth-order valence-electron chi connectivity index (χ4n) is 3.11. The van der Waals surface area contributed by atoms with Crippen LogP contribution in [0.5, 0.6) is 5.88 Å². The predicted molar refractivity (Wildman–Crippen MR) is 104 cm³/mol. The SMILES string of the molecule is Cc1cn2nc(-c3nc(OCc4ccccc4)c4n[nH]cc4n3)cc(C)c2n1. The van der Waals surface area contributed by atoms with E-state index in [0.717, 1.165) is 22.5 Å². The van der Waals surface area contributed by atoms with Crippen LogP contribution in [-0.4, -0.2) is 34.8 Å². The lowest BCUT2D eigenvalue weighted by Crippen LogP contribution is -2.03. The molecule has 1 aromatic carbocycles. The Morgan fingerprint density at radius 2 is 1.93 bits per heavy atom. The summed E-state index contributed by atoms with van der Waals surface area (Å²) in [7, 11) is 0. The molecule has 0 spiro atoms. The number of hydrogen-bond donors (Lipinski definition) is 1. The Kier molecular flexibility index (Phi) is 3.75. The van der Waals surface area contributed by atoms with Crippen molar-refractivity contribution in [1.82, 2.24) is 34.8 Å². The Labute approximate surface area is 160 Å². The number of nitrogens with zero attached hydrogens (tertiary/aromatic N) is 6. The van der Waals surface area contributed by atoms with Crippen LogP contribution in [0, 0.1) is 13.8 Å². The van der Waals surface area contributed by atoms with Crippen molar-refractivity contribution in [3.63, 3.8) is 0 Å². The molecule has 0 radical (unpaired) electrons. The average molecular weight is 371 g/mol. The second-order valence-corrected chi connectivity index (χ2v) is 6.61. The number of aromatic amines is 1. The molecule has 138 valence electrons. The number of aryl methyl sites for hydroxylation is 2. The van der Waals surface area contributed by atoms with Crippen LogP contribution in [0.3, 0.4) is 0 Å². The van der Waals surface area contributed by atoms with Crippen LogP contribution in [0.4, 0.5) is 0 Å². The first-order valence-corrected chi connectivity index (χ1v) is 8.89. The minimum Gasteiger partial charge on any atom is -0.471 e. The summed E-state index contributed by atoms with van der Waals surface area (Å²) in [5, 5.41) is 11.7. The maximum atomic E-state index is 5.97. The zero-order valence-corrected chi connectivity index (χ0v) is 15.4. The van der Waals surface area contributed by atoms with Crippen molar-refractivity contribution in [1.29, 1.82) is 0 Å². The van der Waals surface area contributed by atoms with E-state index in [9.17, 15) is 0 Å². The van der Waals surface area contributed by atoms with Gasteiger partial charge in [0.05, 0.1) is 11.9 Å². The lowest BCUT2D eigenvalue weighted by Gasteiger charge is -2.08. The number of ether oxygens (including phenoxy) is 1. The summed E-state index contributed by atoms with van der Waals surface area (Å²) < 4.78 is 7.72. The fourth-order valence-corrected chi connectivity index (χ4v) is 3.11. The third-order valence-electron chi connectivity index (χ3n) is 4.43. The predicted octanol–water partition coefficient (Wildman–Crippen LogP) is 3.26. The maximum Gasteiger partial charge on any atom is 0.246 e. The van der Waals surface area contributed by atoms with Gasteiger partial charge in [-0.05, 0) is 31.0 Å². The monoisotopic (exact) mass is 371 g/mol. The molecule has 0 fully saturated rings. The third-order valence-corrected chi connectivity index (χ3v) is 4.43. The number of rotatable bonds is 4. The van der Waals surface area contributed by atoms with Gasteiger partial charge in [0.1, 0.15) is 17.8 Å². The van der Waals surface area contributed by atoms with Crippen LogP contribution in [-0.2, 0) is 6.61 Å². The summed E-state index contributed by atoms with van der Waals surface area (Å²) in [6, 6.07) is 11.9. The summed E-state index contributed by atoms with van der Waals surface area (Å²) in [6.07, 6.45) is 3.61. The van der Waals surface area contributed by atoms with E-state index >= 15 is 0 Å². The third kappa shape index (κ3) is 2.84. The molecule has 8 nitrogen and oxygen atoms in total. The van der Waals surface area contributed by atoms with Gasteiger partial charge in [0.15, 0.2) is 17.0 Å². The Bertz CT molecular complexity index is 1290. The molecule has 0 aliphatic heterocycles. The van der Waals surface area contributed by atoms with Gasteiger partial charge in [-0.2, -0.15) is 15.2 Å². The van der Waals surface area contributed by atoms with Crippen molar-refractivity contribution >= 4 is 16.7 Å². The molecule has 0 aliphatic carbocycles. The summed E-state index contributed by atoms with van der Waals surface area (Å²) in [4.78, 5) is 13.7. The van der Waals surface area contributed by atoms with Crippen LogP contribution in [0.2, 0.25) is 0 Å². The Balaban J connectivity index is 1.58. The zero-order chi connectivity index (χ0) is 19.1. The van der Waals surface area contributed by atoms with Gasteiger partial charge in [0, 0.05) is 6.20 Å². The van der Waals surface area contributed by atoms with Gasteiger partial charge < -0.3 is 4.74 Å². The van der Waals surface area contributed by atoms with Gasteiger partial charge in [-0.3, -0.25) is 5.10 Å². The van der Waals surface area contributed by atoms with E-state index in [1.54, 1.807) is 10.7 Å². The Morgan fingerprint density at radius 3 is 2.79 bits per heavy atom. The van der Waals surface area contributed by atoms with Gasteiger partial charge >= 0.3 is 0 Å². The molecular formula is C20H17N7O. The van der Waals surface area contributed by atoms with Crippen molar-refractivity contribution < 1.29 is 4.74 Å². The molecule has 4 heterocycles. The van der Waals surface area contributed by atoms with E-state index in [1.165, 1.54) is 0 Å². The molecule has 1 N–H and O–H groups in total. The van der Waals surface area contributed by atoms with Gasteiger partial charge in [-0.1, -0.05) is 30.3 Å². The molecule has 0 unspecified atom stereocenters. The van der Waals surface area contributed by atoms with Crippen molar-refractivity contribution in [2.75, 3.05) is 0 Å². The fraction of sp³-hybridized carbons (Fsp3) is 0.150. The normalized spacial score (nSPS) is 11.4. The molecule has 5 aromatic rings. The van der Waals surface area contributed by atoms with Crippen molar-refractivity contribution in [3.8, 4) is 17.4 Å². The van der Waals surface area contributed by atoms with Gasteiger partial charge in [0.2, 0.25) is 5.88 Å². The lowest BCUT2D eigenvalue weighted by atomic mass is 10.2. The molecule has 8 heteroatoms. The first kappa shape index (κ1) is 16.4.